The van der Waals surface area contributed by atoms with Crippen molar-refractivity contribution in [3.05, 3.63) is 27.8 Å². The van der Waals surface area contributed by atoms with E-state index in [9.17, 15) is 4.79 Å². The SMILES string of the molecule is O=C(CSc1nnnn1C1CC1)Nc1cccc(I)c1. The zero-order valence-electron chi connectivity index (χ0n) is 10.5. The van der Waals surface area contributed by atoms with Crippen molar-refractivity contribution in [3.63, 3.8) is 0 Å². The molecule has 0 aliphatic heterocycles. The molecule has 1 saturated carbocycles. The third-order valence-electron chi connectivity index (χ3n) is 2.80. The number of hydrogen-bond acceptors (Lipinski definition) is 5. The summed E-state index contributed by atoms with van der Waals surface area (Å²) in [6, 6.07) is 8.12. The van der Waals surface area contributed by atoms with Crippen LogP contribution >= 0.6 is 34.4 Å². The Morgan fingerprint density at radius 1 is 1.50 bits per heavy atom. The number of amides is 1. The van der Waals surface area contributed by atoms with Crippen molar-refractivity contribution in [2.24, 2.45) is 0 Å². The van der Waals surface area contributed by atoms with Gasteiger partial charge in [0.25, 0.3) is 0 Å². The van der Waals surface area contributed by atoms with Crippen LogP contribution in [0.5, 0.6) is 0 Å². The number of aromatic nitrogens is 4. The molecule has 1 N–H and O–H groups in total. The summed E-state index contributed by atoms with van der Waals surface area (Å²) in [6.07, 6.45) is 2.24. The summed E-state index contributed by atoms with van der Waals surface area (Å²) in [6.45, 7) is 0. The van der Waals surface area contributed by atoms with Gasteiger partial charge in [-0.2, -0.15) is 0 Å². The first-order valence-electron chi connectivity index (χ1n) is 6.18. The van der Waals surface area contributed by atoms with Gasteiger partial charge in [0.1, 0.15) is 0 Å². The lowest BCUT2D eigenvalue weighted by molar-refractivity contribution is -0.113. The number of thioether (sulfide) groups is 1. The molecule has 0 saturated heterocycles. The zero-order valence-corrected chi connectivity index (χ0v) is 13.5. The molecule has 3 rings (SSSR count). The summed E-state index contributed by atoms with van der Waals surface area (Å²) in [4.78, 5) is 11.9. The fraction of sp³-hybridized carbons (Fsp3) is 0.333. The molecular weight excluding hydrogens is 389 g/mol. The second kappa shape index (κ2) is 6.08. The van der Waals surface area contributed by atoms with Gasteiger partial charge in [0.15, 0.2) is 0 Å². The van der Waals surface area contributed by atoms with E-state index in [1.807, 2.05) is 28.9 Å². The van der Waals surface area contributed by atoms with E-state index in [0.29, 0.717) is 17.0 Å². The summed E-state index contributed by atoms with van der Waals surface area (Å²) in [5.41, 5.74) is 0.810. The minimum Gasteiger partial charge on any atom is -0.325 e. The average molecular weight is 401 g/mol. The molecule has 1 aliphatic carbocycles. The zero-order chi connectivity index (χ0) is 13.9. The van der Waals surface area contributed by atoms with Crippen LogP contribution in [0.4, 0.5) is 5.69 Å². The first kappa shape index (κ1) is 13.8. The molecule has 1 aliphatic rings. The predicted octanol–water partition coefficient (Wildman–Crippen LogP) is 2.34. The van der Waals surface area contributed by atoms with Crippen molar-refractivity contribution in [1.29, 1.82) is 0 Å². The number of carbonyl (C=O) groups excluding carboxylic acids is 1. The fourth-order valence-electron chi connectivity index (χ4n) is 1.72. The second-order valence-corrected chi connectivity index (χ2v) is 6.67. The number of hydrogen-bond donors (Lipinski definition) is 1. The molecule has 0 radical (unpaired) electrons. The third kappa shape index (κ3) is 3.48. The molecule has 2 aromatic rings. The van der Waals surface area contributed by atoms with Crippen LogP contribution in [0.25, 0.3) is 0 Å². The van der Waals surface area contributed by atoms with Crippen LogP contribution in [-0.4, -0.2) is 31.9 Å². The summed E-state index contributed by atoms with van der Waals surface area (Å²) in [5.74, 6) is 0.251. The summed E-state index contributed by atoms with van der Waals surface area (Å²) in [5, 5.41) is 15.2. The van der Waals surface area contributed by atoms with Crippen LogP contribution in [0, 0.1) is 3.57 Å². The van der Waals surface area contributed by atoms with E-state index < -0.39 is 0 Å². The highest BCUT2D eigenvalue weighted by Gasteiger charge is 2.28. The standard InChI is InChI=1S/C12H12IN5OS/c13-8-2-1-3-9(6-8)14-11(19)7-20-12-15-16-17-18(12)10-4-5-10/h1-3,6,10H,4-5,7H2,(H,14,19). The number of halogens is 1. The van der Waals surface area contributed by atoms with Gasteiger partial charge >= 0.3 is 0 Å². The minimum atomic E-state index is -0.0534. The molecule has 0 unspecified atom stereocenters. The van der Waals surface area contributed by atoms with Crippen LogP contribution in [0.1, 0.15) is 18.9 Å². The van der Waals surface area contributed by atoms with Gasteiger partial charge < -0.3 is 5.32 Å². The Bertz CT molecular complexity index is 628. The number of benzene rings is 1. The Kier molecular flexibility index (Phi) is 4.20. The second-order valence-electron chi connectivity index (χ2n) is 4.48. The van der Waals surface area contributed by atoms with Crippen molar-refractivity contribution >= 4 is 45.9 Å². The van der Waals surface area contributed by atoms with Crippen LogP contribution in [-0.2, 0) is 4.79 Å². The largest absolute Gasteiger partial charge is 0.325 e. The third-order valence-corrected chi connectivity index (χ3v) is 4.40. The van der Waals surface area contributed by atoms with Crippen LogP contribution < -0.4 is 5.32 Å². The Morgan fingerprint density at radius 3 is 3.10 bits per heavy atom. The molecule has 0 atom stereocenters. The predicted molar refractivity (Wildman–Crippen MR) is 84.6 cm³/mol. The first-order chi connectivity index (χ1) is 9.72. The van der Waals surface area contributed by atoms with Gasteiger partial charge in [-0.25, -0.2) is 4.68 Å². The molecule has 0 spiro atoms. The lowest BCUT2D eigenvalue weighted by Gasteiger charge is -2.05. The van der Waals surface area contributed by atoms with Crippen LogP contribution in [0.2, 0.25) is 0 Å². The van der Waals surface area contributed by atoms with Gasteiger partial charge in [-0.1, -0.05) is 17.8 Å². The molecule has 8 heteroatoms. The molecule has 104 valence electrons. The molecular formula is C12H12IN5OS. The van der Waals surface area contributed by atoms with E-state index in [2.05, 4.69) is 43.4 Å². The lowest BCUT2D eigenvalue weighted by Crippen LogP contribution is -2.14. The maximum Gasteiger partial charge on any atom is 0.234 e. The van der Waals surface area contributed by atoms with Gasteiger partial charge in [0.2, 0.25) is 11.1 Å². The maximum absolute atomic E-state index is 11.9. The number of nitrogens with zero attached hydrogens (tertiary/aromatic N) is 4. The number of tetrazole rings is 1. The molecule has 20 heavy (non-hydrogen) atoms. The normalized spacial score (nSPS) is 14.2. The lowest BCUT2D eigenvalue weighted by atomic mass is 10.3. The number of nitrogens with one attached hydrogen (secondary N) is 1. The maximum atomic E-state index is 11.9. The number of anilines is 1. The molecule has 0 bridgehead atoms. The van der Waals surface area contributed by atoms with Crippen molar-refractivity contribution in [1.82, 2.24) is 20.2 Å². The van der Waals surface area contributed by atoms with Gasteiger partial charge in [0.05, 0.1) is 11.8 Å². The molecule has 1 amide bonds. The number of carbonyl (C=O) groups is 1. The van der Waals surface area contributed by atoms with Gasteiger partial charge in [-0.15, -0.1) is 5.10 Å². The highest BCUT2D eigenvalue weighted by Crippen LogP contribution is 2.36. The van der Waals surface area contributed by atoms with E-state index in [1.165, 1.54) is 11.8 Å². The quantitative estimate of drug-likeness (QED) is 0.615. The van der Waals surface area contributed by atoms with E-state index in [0.717, 1.165) is 22.1 Å². The van der Waals surface area contributed by atoms with E-state index in [1.54, 1.807) is 0 Å². The fourth-order valence-corrected chi connectivity index (χ4v) is 3.01. The average Bonchev–Trinajstić information content (AvgIpc) is 3.15. The van der Waals surface area contributed by atoms with E-state index in [4.69, 9.17) is 0 Å². The van der Waals surface area contributed by atoms with Gasteiger partial charge in [-0.3, -0.25) is 4.79 Å². The van der Waals surface area contributed by atoms with Crippen molar-refractivity contribution < 1.29 is 4.79 Å². The smallest absolute Gasteiger partial charge is 0.234 e. The highest BCUT2D eigenvalue weighted by molar-refractivity contribution is 14.1. The summed E-state index contributed by atoms with van der Waals surface area (Å²) < 4.78 is 2.90. The molecule has 6 nitrogen and oxygen atoms in total. The van der Waals surface area contributed by atoms with E-state index in [-0.39, 0.29) is 5.91 Å². The Labute approximate surface area is 133 Å². The van der Waals surface area contributed by atoms with Crippen molar-refractivity contribution in [2.75, 3.05) is 11.1 Å². The van der Waals surface area contributed by atoms with Crippen LogP contribution in [0.15, 0.2) is 29.4 Å². The van der Waals surface area contributed by atoms with Crippen LogP contribution in [0.3, 0.4) is 0 Å². The Morgan fingerprint density at radius 2 is 2.35 bits per heavy atom. The first-order valence-corrected chi connectivity index (χ1v) is 8.25. The molecule has 1 fully saturated rings. The summed E-state index contributed by atoms with van der Waals surface area (Å²) >= 11 is 3.58. The molecule has 1 aromatic heterocycles. The Balaban J connectivity index is 1.55. The summed E-state index contributed by atoms with van der Waals surface area (Å²) in [7, 11) is 0. The molecule has 1 heterocycles. The van der Waals surface area contributed by atoms with Gasteiger partial charge in [0, 0.05) is 9.26 Å². The van der Waals surface area contributed by atoms with E-state index >= 15 is 0 Å². The monoisotopic (exact) mass is 401 g/mol. The highest BCUT2D eigenvalue weighted by atomic mass is 127. The Hall–Kier alpha value is -1.16. The minimum absolute atomic E-state index is 0.0534. The van der Waals surface area contributed by atoms with Crippen molar-refractivity contribution in [3.8, 4) is 0 Å². The topological polar surface area (TPSA) is 72.7 Å². The van der Waals surface area contributed by atoms with Crippen molar-refractivity contribution in [2.45, 2.75) is 24.0 Å². The number of rotatable bonds is 5. The molecule has 1 aromatic carbocycles. The van der Waals surface area contributed by atoms with Gasteiger partial charge in [-0.05, 0) is 64.1 Å².